The van der Waals surface area contributed by atoms with Gasteiger partial charge in [0.05, 0.1) is 12.5 Å². The SMILES string of the molecule is O=C(CCC(=O)Nc1cccc2ccccc12)NN=Cc1ccco1. The second-order valence-corrected chi connectivity index (χ2v) is 5.38. The number of benzene rings is 2. The molecule has 2 aromatic carbocycles. The highest BCUT2D eigenvalue weighted by Gasteiger charge is 2.08. The molecule has 6 heteroatoms. The molecule has 3 aromatic rings. The standard InChI is InChI=1S/C19H17N3O3/c23-18(10-11-19(24)22-20-13-15-7-4-12-25-15)21-17-9-3-6-14-5-1-2-8-16(14)17/h1-9,12-13H,10-11H2,(H,21,23)(H,22,24). The van der Waals surface area contributed by atoms with E-state index in [4.69, 9.17) is 4.42 Å². The van der Waals surface area contributed by atoms with Crippen LogP contribution < -0.4 is 10.7 Å². The summed E-state index contributed by atoms with van der Waals surface area (Å²) in [5, 5.41) is 8.62. The van der Waals surface area contributed by atoms with Crippen molar-refractivity contribution < 1.29 is 14.0 Å². The number of hydrogen-bond acceptors (Lipinski definition) is 4. The summed E-state index contributed by atoms with van der Waals surface area (Å²) >= 11 is 0. The molecule has 0 atom stereocenters. The van der Waals surface area contributed by atoms with Crippen molar-refractivity contribution in [2.45, 2.75) is 12.8 Å². The Labute approximate surface area is 144 Å². The van der Waals surface area contributed by atoms with Crippen LogP contribution in [0.5, 0.6) is 0 Å². The molecular formula is C19H17N3O3. The quantitative estimate of drug-likeness (QED) is 0.535. The van der Waals surface area contributed by atoms with Gasteiger partial charge in [-0.2, -0.15) is 5.10 Å². The molecule has 0 radical (unpaired) electrons. The van der Waals surface area contributed by atoms with Crippen molar-refractivity contribution in [3.63, 3.8) is 0 Å². The average Bonchev–Trinajstić information content (AvgIpc) is 3.14. The number of nitrogens with zero attached hydrogens (tertiary/aromatic N) is 1. The number of amides is 2. The van der Waals surface area contributed by atoms with E-state index in [1.807, 2.05) is 42.5 Å². The molecule has 1 heterocycles. The maximum Gasteiger partial charge on any atom is 0.240 e. The van der Waals surface area contributed by atoms with Crippen LogP contribution in [-0.4, -0.2) is 18.0 Å². The predicted octanol–water partition coefficient (Wildman–Crippen LogP) is 3.30. The van der Waals surface area contributed by atoms with Gasteiger partial charge in [-0.25, -0.2) is 5.43 Å². The number of fused-ring (bicyclic) bond motifs is 1. The minimum absolute atomic E-state index is 0.0477. The fourth-order valence-electron chi connectivity index (χ4n) is 2.36. The van der Waals surface area contributed by atoms with Gasteiger partial charge in [-0.3, -0.25) is 9.59 Å². The van der Waals surface area contributed by atoms with Gasteiger partial charge in [0.2, 0.25) is 11.8 Å². The zero-order chi connectivity index (χ0) is 17.5. The molecule has 0 aliphatic carbocycles. The fourth-order valence-corrected chi connectivity index (χ4v) is 2.36. The second kappa shape index (κ2) is 7.92. The summed E-state index contributed by atoms with van der Waals surface area (Å²) in [7, 11) is 0. The number of hydrazone groups is 1. The molecule has 25 heavy (non-hydrogen) atoms. The summed E-state index contributed by atoms with van der Waals surface area (Å²) in [5.74, 6) is -0.0219. The Balaban J connectivity index is 1.50. The van der Waals surface area contributed by atoms with Crippen LogP contribution in [0.3, 0.4) is 0 Å². The number of anilines is 1. The molecule has 0 spiro atoms. The number of nitrogens with one attached hydrogen (secondary N) is 2. The Kier molecular flexibility index (Phi) is 5.21. The topological polar surface area (TPSA) is 83.7 Å². The predicted molar refractivity (Wildman–Crippen MR) is 96.3 cm³/mol. The van der Waals surface area contributed by atoms with Crippen LogP contribution in [0.2, 0.25) is 0 Å². The first-order chi connectivity index (χ1) is 12.2. The third kappa shape index (κ3) is 4.54. The summed E-state index contributed by atoms with van der Waals surface area (Å²) in [4.78, 5) is 23.8. The third-order valence-electron chi connectivity index (χ3n) is 3.57. The van der Waals surface area contributed by atoms with Gasteiger partial charge < -0.3 is 9.73 Å². The molecule has 0 saturated heterocycles. The molecule has 0 saturated carbocycles. The summed E-state index contributed by atoms with van der Waals surface area (Å²) < 4.78 is 5.05. The Bertz CT molecular complexity index is 896. The lowest BCUT2D eigenvalue weighted by Gasteiger charge is -2.08. The molecule has 0 bridgehead atoms. The molecule has 0 unspecified atom stereocenters. The van der Waals surface area contributed by atoms with E-state index in [0.717, 1.165) is 16.5 Å². The van der Waals surface area contributed by atoms with E-state index >= 15 is 0 Å². The lowest BCUT2D eigenvalue weighted by Crippen LogP contribution is -2.20. The van der Waals surface area contributed by atoms with Crippen molar-refractivity contribution in [2.24, 2.45) is 5.10 Å². The van der Waals surface area contributed by atoms with E-state index in [2.05, 4.69) is 15.8 Å². The lowest BCUT2D eigenvalue weighted by atomic mass is 10.1. The van der Waals surface area contributed by atoms with Gasteiger partial charge in [0.15, 0.2) is 0 Å². The summed E-state index contributed by atoms with van der Waals surface area (Å²) in [5.41, 5.74) is 3.10. The summed E-state index contributed by atoms with van der Waals surface area (Å²) in [6.07, 6.45) is 3.03. The molecule has 3 rings (SSSR count). The Morgan fingerprint density at radius 3 is 2.60 bits per heavy atom. The Hall–Kier alpha value is -3.41. The van der Waals surface area contributed by atoms with Gasteiger partial charge in [0, 0.05) is 23.9 Å². The molecular weight excluding hydrogens is 318 g/mol. The molecule has 2 N–H and O–H groups in total. The first kappa shape index (κ1) is 16.4. The van der Waals surface area contributed by atoms with E-state index in [9.17, 15) is 9.59 Å². The first-order valence-corrected chi connectivity index (χ1v) is 7.85. The monoisotopic (exact) mass is 335 g/mol. The number of rotatable bonds is 6. The van der Waals surface area contributed by atoms with Crippen molar-refractivity contribution in [2.75, 3.05) is 5.32 Å². The third-order valence-corrected chi connectivity index (χ3v) is 3.57. The van der Waals surface area contributed by atoms with Crippen LogP contribution in [0, 0.1) is 0 Å². The van der Waals surface area contributed by atoms with Crippen LogP contribution >= 0.6 is 0 Å². The van der Waals surface area contributed by atoms with E-state index in [1.54, 1.807) is 12.1 Å². The second-order valence-electron chi connectivity index (χ2n) is 5.38. The highest BCUT2D eigenvalue weighted by molar-refractivity contribution is 6.02. The first-order valence-electron chi connectivity index (χ1n) is 7.85. The van der Waals surface area contributed by atoms with Gasteiger partial charge in [-0.1, -0.05) is 36.4 Å². The van der Waals surface area contributed by atoms with Crippen molar-refractivity contribution in [1.82, 2.24) is 5.43 Å². The van der Waals surface area contributed by atoms with Gasteiger partial charge >= 0.3 is 0 Å². The molecule has 0 aliphatic heterocycles. The van der Waals surface area contributed by atoms with E-state index < -0.39 is 0 Å². The average molecular weight is 335 g/mol. The normalized spacial score (nSPS) is 10.9. The van der Waals surface area contributed by atoms with E-state index in [0.29, 0.717) is 5.76 Å². The zero-order valence-electron chi connectivity index (χ0n) is 13.4. The molecule has 2 amide bonds. The minimum Gasteiger partial charge on any atom is -0.463 e. The zero-order valence-corrected chi connectivity index (χ0v) is 13.4. The van der Waals surface area contributed by atoms with Crippen LogP contribution in [0.15, 0.2) is 70.4 Å². The van der Waals surface area contributed by atoms with Gasteiger partial charge in [0.1, 0.15) is 5.76 Å². The van der Waals surface area contributed by atoms with Gasteiger partial charge in [-0.05, 0) is 23.6 Å². The summed E-state index contributed by atoms with van der Waals surface area (Å²) in [6.45, 7) is 0. The number of carbonyl (C=O) groups is 2. The molecule has 1 aromatic heterocycles. The van der Waals surface area contributed by atoms with Crippen LogP contribution in [0.4, 0.5) is 5.69 Å². The number of furan rings is 1. The van der Waals surface area contributed by atoms with Gasteiger partial charge in [0.25, 0.3) is 0 Å². The van der Waals surface area contributed by atoms with Crippen molar-refractivity contribution in [3.05, 3.63) is 66.6 Å². The Morgan fingerprint density at radius 2 is 1.76 bits per heavy atom. The highest BCUT2D eigenvalue weighted by atomic mass is 16.3. The lowest BCUT2D eigenvalue weighted by molar-refractivity contribution is -0.124. The van der Waals surface area contributed by atoms with Crippen LogP contribution in [-0.2, 0) is 9.59 Å². The highest BCUT2D eigenvalue weighted by Crippen LogP contribution is 2.23. The number of carbonyl (C=O) groups excluding carboxylic acids is 2. The van der Waals surface area contributed by atoms with Crippen molar-refractivity contribution in [1.29, 1.82) is 0 Å². The Morgan fingerprint density at radius 1 is 0.960 bits per heavy atom. The molecule has 6 nitrogen and oxygen atoms in total. The maximum absolute atomic E-state index is 12.1. The van der Waals surface area contributed by atoms with E-state index in [1.165, 1.54) is 12.5 Å². The summed E-state index contributed by atoms with van der Waals surface area (Å²) in [6, 6.07) is 16.9. The van der Waals surface area contributed by atoms with Crippen molar-refractivity contribution >= 4 is 34.5 Å². The van der Waals surface area contributed by atoms with E-state index in [-0.39, 0.29) is 24.7 Å². The van der Waals surface area contributed by atoms with Gasteiger partial charge in [-0.15, -0.1) is 0 Å². The smallest absolute Gasteiger partial charge is 0.240 e. The largest absolute Gasteiger partial charge is 0.463 e. The minimum atomic E-state index is -0.337. The van der Waals surface area contributed by atoms with Crippen molar-refractivity contribution in [3.8, 4) is 0 Å². The molecule has 126 valence electrons. The molecule has 0 aliphatic rings. The van der Waals surface area contributed by atoms with Crippen LogP contribution in [0.1, 0.15) is 18.6 Å². The maximum atomic E-state index is 12.1. The fraction of sp³-hybridized carbons (Fsp3) is 0.105. The molecule has 0 fully saturated rings. The van der Waals surface area contributed by atoms with Crippen LogP contribution in [0.25, 0.3) is 10.8 Å². The number of hydrogen-bond donors (Lipinski definition) is 2.